The predicted octanol–water partition coefficient (Wildman–Crippen LogP) is 4.62. The molecule has 0 spiro atoms. The topological polar surface area (TPSA) is 114 Å². The third-order valence-corrected chi connectivity index (χ3v) is 6.34. The van der Waals surface area contributed by atoms with Gasteiger partial charge in [-0.25, -0.2) is 9.79 Å². The zero-order valence-electron chi connectivity index (χ0n) is 20.3. The second-order valence-electron chi connectivity index (χ2n) is 9.09. The van der Waals surface area contributed by atoms with Gasteiger partial charge in [-0.1, -0.05) is 23.4 Å². The van der Waals surface area contributed by atoms with Gasteiger partial charge in [0.25, 0.3) is 5.89 Å². The van der Waals surface area contributed by atoms with Crippen LogP contribution in [-0.4, -0.2) is 59.7 Å². The van der Waals surface area contributed by atoms with Crippen molar-refractivity contribution in [2.24, 2.45) is 4.99 Å². The zero-order valence-corrected chi connectivity index (χ0v) is 20.3. The van der Waals surface area contributed by atoms with Crippen LogP contribution < -0.4 is 4.74 Å². The Balaban J connectivity index is 1.36. The Morgan fingerprint density at radius 2 is 2.11 bits per heavy atom. The Kier molecular flexibility index (Phi) is 6.78. The standard InChI is InChI=1S/C27H27N5O4/c1-17(2)35-24-9-7-18(14-20(24)15-28)26-30-25(31-36-26)23-5-3-4-21-19(6-8-22(21)23)16-29-27(33)32-10-12-34-13-11-32/h3-5,7,9,14,16-17,19H,6,8,10-13H2,1-2H3/b29-16+. The molecular weight excluding hydrogens is 458 g/mol. The van der Waals surface area contributed by atoms with Gasteiger partial charge in [-0.05, 0) is 56.0 Å². The van der Waals surface area contributed by atoms with Gasteiger partial charge in [0.1, 0.15) is 11.8 Å². The van der Waals surface area contributed by atoms with Gasteiger partial charge in [0.05, 0.1) is 24.9 Å². The molecule has 1 aliphatic carbocycles. The van der Waals surface area contributed by atoms with Crippen molar-refractivity contribution in [2.75, 3.05) is 26.3 Å². The number of rotatable bonds is 5. The summed E-state index contributed by atoms with van der Waals surface area (Å²) in [5.74, 6) is 1.41. The summed E-state index contributed by atoms with van der Waals surface area (Å²) in [6.45, 7) is 6.08. The highest BCUT2D eigenvalue weighted by Crippen LogP contribution is 2.38. The van der Waals surface area contributed by atoms with E-state index in [9.17, 15) is 10.1 Å². The number of carbonyl (C=O) groups is 1. The van der Waals surface area contributed by atoms with E-state index in [1.54, 1.807) is 23.2 Å². The van der Waals surface area contributed by atoms with E-state index >= 15 is 0 Å². The van der Waals surface area contributed by atoms with Gasteiger partial charge in [-0.2, -0.15) is 10.2 Å². The van der Waals surface area contributed by atoms with E-state index in [2.05, 4.69) is 27.3 Å². The average molecular weight is 486 g/mol. The fraction of sp³-hybridized carbons (Fsp3) is 0.370. The van der Waals surface area contributed by atoms with Gasteiger partial charge in [-0.15, -0.1) is 0 Å². The minimum atomic E-state index is -0.215. The van der Waals surface area contributed by atoms with Crippen molar-refractivity contribution in [1.82, 2.24) is 15.0 Å². The molecule has 1 atom stereocenters. The first kappa shape index (κ1) is 23.7. The van der Waals surface area contributed by atoms with Crippen LogP contribution in [0.15, 0.2) is 45.9 Å². The molecule has 0 saturated carbocycles. The molecule has 3 aromatic rings. The summed E-state index contributed by atoms with van der Waals surface area (Å²) in [5, 5.41) is 13.8. The van der Waals surface area contributed by atoms with E-state index in [0.717, 1.165) is 29.5 Å². The fourth-order valence-electron chi connectivity index (χ4n) is 4.60. The first-order valence-electron chi connectivity index (χ1n) is 12.1. The SMILES string of the molecule is CC(C)Oc1ccc(-c2nc(-c3cccc4c3CCC4/C=N/C(=O)N3CCOCC3)no2)cc1C#N. The van der Waals surface area contributed by atoms with Crippen LogP contribution in [0.3, 0.4) is 0 Å². The van der Waals surface area contributed by atoms with Crippen molar-refractivity contribution in [3.05, 3.63) is 53.1 Å². The molecular formula is C27H27N5O4. The molecule has 1 aromatic heterocycles. The number of fused-ring (bicyclic) bond motifs is 1. The summed E-state index contributed by atoms with van der Waals surface area (Å²) in [5.41, 5.74) is 4.23. The van der Waals surface area contributed by atoms with E-state index in [0.29, 0.717) is 54.9 Å². The molecule has 1 fully saturated rings. The Morgan fingerprint density at radius 1 is 1.28 bits per heavy atom. The number of urea groups is 1. The number of hydrogen-bond donors (Lipinski definition) is 0. The summed E-state index contributed by atoms with van der Waals surface area (Å²) >= 11 is 0. The van der Waals surface area contributed by atoms with E-state index in [4.69, 9.17) is 14.0 Å². The molecule has 5 rings (SSSR count). The van der Waals surface area contributed by atoms with Crippen molar-refractivity contribution in [3.63, 3.8) is 0 Å². The number of amides is 2. The highest BCUT2D eigenvalue weighted by atomic mass is 16.5. The molecule has 184 valence electrons. The lowest BCUT2D eigenvalue weighted by Gasteiger charge is -2.24. The number of nitrogens with zero attached hydrogens (tertiary/aromatic N) is 5. The molecule has 9 heteroatoms. The lowest BCUT2D eigenvalue weighted by Crippen LogP contribution is -2.39. The van der Waals surface area contributed by atoms with Crippen LogP contribution in [0.1, 0.15) is 42.9 Å². The Labute approximate surface area is 209 Å². The number of benzene rings is 2. The van der Waals surface area contributed by atoms with E-state index in [-0.39, 0.29) is 18.1 Å². The summed E-state index contributed by atoms with van der Waals surface area (Å²) in [4.78, 5) is 23.0. The fourth-order valence-corrected chi connectivity index (χ4v) is 4.60. The Hall–Kier alpha value is -4.03. The van der Waals surface area contributed by atoms with E-state index in [1.165, 1.54) is 0 Å². The number of aromatic nitrogens is 2. The van der Waals surface area contributed by atoms with E-state index in [1.807, 2.05) is 32.0 Å². The first-order chi connectivity index (χ1) is 17.5. The van der Waals surface area contributed by atoms with Gasteiger partial charge in [0.15, 0.2) is 0 Å². The molecule has 1 unspecified atom stereocenters. The van der Waals surface area contributed by atoms with Gasteiger partial charge in [0, 0.05) is 36.3 Å². The molecule has 1 aliphatic heterocycles. The zero-order chi connectivity index (χ0) is 25.1. The lowest BCUT2D eigenvalue weighted by atomic mass is 9.99. The van der Waals surface area contributed by atoms with Crippen molar-refractivity contribution in [1.29, 1.82) is 5.26 Å². The second kappa shape index (κ2) is 10.3. The number of aliphatic imine (C=N–C) groups is 1. The molecule has 0 N–H and O–H groups in total. The molecule has 9 nitrogen and oxygen atoms in total. The van der Waals surface area contributed by atoms with Crippen LogP contribution in [0, 0.1) is 11.3 Å². The highest BCUT2D eigenvalue weighted by molar-refractivity contribution is 5.87. The maximum Gasteiger partial charge on any atom is 0.343 e. The van der Waals surface area contributed by atoms with Gasteiger partial charge in [0.2, 0.25) is 5.82 Å². The molecule has 2 aromatic carbocycles. The third kappa shape index (κ3) is 4.86. The largest absolute Gasteiger partial charge is 0.490 e. The summed E-state index contributed by atoms with van der Waals surface area (Å²) < 4.78 is 16.6. The monoisotopic (exact) mass is 485 g/mol. The average Bonchev–Trinajstić information content (AvgIpc) is 3.55. The van der Waals surface area contributed by atoms with Crippen molar-refractivity contribution >= 4 is 12.2 Å². The normalized spacial score (nSPS) is 17.4. The van der Waals surface area contributed by atoms with Crippen molar-refractivity contribution in [2.45, 2.75) is 38.7 Å². The molecule has 36 heavy (non-hydrogen) atoms. The van der Waals surface area contributed by atoms with Crippen LogP contribution in [0.4, 0.5) is 4.79 Å². The molecule has 0 bridgehead atoms. The molecule has 1 saturated heterocycles. The van der Waals surface area contributed by atoms with Crippen LogP contribution in [-0.2, 0) is 11.2 Å². The lowest BCUT2D eigenvalue weighted by molar-refractivity contribution is 0.0555. The minimum Gasteiger partial charge on any atom is -0.490 e. The Morgan fingerprint density at radius 3 is 2.89 bits per heavy atom. The maximum absolute atomic E-state index is 12.4. The van der Waals surface area contributed by atoms with Crippen LogP contribution >= 0.6 is 0 Å². The highest BCUT2D eigenvalue weighted by Gasteiger charge is 2.26. The molecule has 2 aliphatic rings. The first-order valence-corrected chi connectivity index (χ1v) is 12.1. The van der Waals surface area contributed by atoms with Crippen molar-refractivity contribution in [3.8, 4) is 34.7 Å². The quantitative estimate of drug-likeness (QED) is 0.485. The van der Waals surface area contributed by atoms with Crippen LogP contribution in [0.25, 0.3) is 22.8 Å². The number of ether oxygens (including phenoxy) is 2. The molecule has 2 amide bonds. The second-order valence-corrected chi connectivity index (χ2v) is 9.09. The third-order valence-electron chi connectivity index (χ3n) is 6.34. The maximum atomic E-state index is 12.4. The summed E-state index contributed by atoms with van der Waals surface area (Å²) in [6, 6.07) is 13.2. The summed E-state index contributed by atoms with van der Waals surface area (Å²) in [7, 11) is 0. The van der Waals surface area contributed by atoms with Crippen LogP contribution in [0.5, 0.6) is 5.75 Å². The predicted molar refractivity (Wildman–Crippen MR) is 133 cm³/mol. The molecule has 2 heterocycles. The van der Waals surface area contributed by atoms with E-state index < -0.39 is 0 Å². The minimum absolute atomic E-state index is 0.0375. The number of hydrogen-bond acceptors (Lipinski definition) is 7. The number of carbonyl (C=O) groups excluding carboxylic acids is 1. The van der Waals surface area contributed by atoms with Crippen LogP contribution in [0.2, 0.25) is 0 Å². The van der Waals surface area contributed by atoms with Gasteiger partial charge < -0.3 is 18.9 Å². The molecule has 0 radical (unpaired) electrons. The number of nitriles is 1. The van der Waals surface area contributed by atoms with Gasteiger partial charge >= 0.3 is 6.03 Å². The number of morpholine rings is 1. The van der Waals surface area contributed by atoms with Crippen molar-refractivity contribution < 1.29 is 18.8 Å². The smallest absolute Gasteiger partial charge is 0.343 e. The van der Waals surface area contributed by atoms with Gasteiger partial charge in [-0.3, -0.25) is 0 Å². The summed E-state index contributed by atoms with van der Waals surface area (Å²) in [6.07, 6.45) is 3.42. The Bertz CT molecular complexity index is 1330.